The van der Waals surface area contributed by atoms with Gasteiger partial charge in [-0.2, -0.15) is 0 Å². The fourth-order valence-electron chi connectivity index (χ4n) is 0.622. The van der Waals surface area contributed by atoms with E-state index in [1.54, 1.807) is 6.26 Å². The smallest absolute Gasteiger partial charge is 0.110 e. The van der Waals surface area contributed by atoms with Crippen molar-refractivity contribution in [1.82, 2.24) is 5.43 Å². The lowest BCUT2D eigenvalue weighted by Gasteiger charge is -1.97. The van der Waals surface area contributed by atoms with Crippen molar-refractivity contribution in [2.75, 3.05) is 0 Å². The molecule has 1 heterocycles. The number of hydrogen-bond donors (Lipinski definition) is 2. The van der Waals surface area contributed by atoms with E-state index in [9.17, 15) is 0 Å². The second-order valence-corrected chi connectivity index (χ2v) is 2.32. The van der Waals surface area contributed by atoms with Gasteiger partial charge in [-0.25, -0.2) is 0 Å². The van der Waals surface area contributed by atoms with Gasteiger partial charge in [-0.3, -0.25) is 5.84 Å². The van der Waals surface area contributed by atoms with Crippen LogP contribution in [-0.2, 0) is 6.42 Å². The Balaban J connectivity index is 2.48. The molecule has 54 valence electrons. The molecule has 0 radical (unpaired) electrons. The fourth-order valence-corrected chi connectivity index (χ4v) is 0.765. The number of hydrazine groups is 1. The van der Waals surface area contributed by atoms with Gasteiger partial charge in [-0.1, -0.05) is 12.2 Å². The number of hydrogen-bond acceptors (Lipinski definition) is 3. The first kappa shape index (κ1) is 7.24. The van der Waals surface area contributed by atoms with Crippen molar-refractivity contribution in [2.24, 2.45) is 5.84 Å². The van der Waals surface area contributed by atoms with Gasteiger partial charge in [0, 0.05) is 0 Å². The minimum absolute atomic E-state index is 0.568. The van der Waals surface area contributed by atoms with Crippen LogP contribution in [0.25, 0.3) is 0 Å². The molecule has 4 heteroatoms. The van der Waals surface area contributed by atoms with Crippen molar-refractivity contribution in [2.45, 2.75) is 6.42 Å². The maximum atomic E-state index is 5.06. The Kier molecular flexibility index (Phi) is 2.42. The maximum absolute atomic E-state index is 5.06. The van der Waals surface area contributed by atoms with Crippen molar-refractivity contribution >= 4 is 17.2 Å². The summed E-state index contributed by atoms with van der Waals surface area (Å²) in [5.41, 5.74) is 2.37. The quantitative estimate of drug-likeness (QED) is 0.374. The predicted octanol–water partition coefficient (Wildman–Crippen LogP) is 0.613. The standard InChI is InChI=1S/C6H8N2OS/c7-8-6(10)4-5-2-1-3-9-5/h1-3H,4,7H2,(H,8,10). The molecule has 1 aromatic rings. The van der Waals surface area contributed by atoms with Crippen molar-refractivity contribution in [3.05, 3.63) is 24.2 Å². The number of nitrogens with one attached hydrogen (secondary N) is 1. The highest BCUT2D eigenvalue weighted by Crippen LogP contribution is 2.00. The lowest BCUT2D eigenvalue weighted by molar-refractivity contribution is 0.526. The molecule has 0 aliphatic carbocycles. The Bertz CT molecular complexity index is 208. The first-order chi connectivity index (χ1) is 4.83. The van der Waals surface area contributed by atoms with E-state index in [2.05, 4.69) is 5.43 Å². The van der Waals surface area contributed by atoms with E-state index in [4.69, 9.17) is 22.5 Å². The van der Waals surface area contributed by atoms with Crippen LogP contribution in [0.2, 0.25) is 0 Å². The molecule has 0 aliphatic rings. The minimum Gasteiger partial charge on any atom is -0.469 e. The summed E-state index contributed by atoms with van der Waals surface area (Å²) in [6.45, 7) is 0. The highest BCUT2D eigenvalue weighted by Gasteiger charge is 1.97. The van der Waals surface area contributed by atoms with E-state index in [0.29, 0.717) is 11.4 Å². The van der Waals surface area contributed by atoms with Crippen molar-refractivity contribution in [1.29, 1.82) is 0 Å². The van der Waals surface area contributed by atoms with Crippen LogP contribution in [-0.4, -0.2) is 4.99 Å². The third-order valence-corrected chi connectivity index (χ3v) is 1.34. The number of nitrogens with two attached hydrogens (primary N) is 1. The second kappa shape index (κ2) is 3.34. The van der Waals surface area contributed by atoms with Gasteiger partial charge >= 0.3 is 0 Å². The highest BCUT2D eigenvalue weighted by atomic mass is 32.1. The van der Waals surface area contributed by atoms with Gasteiger partial charge in [-0.05, 0) is 12.1 Å². The Morgan fingerprint density at radius 2 is 2.60 bits per heavy atom. The summed E-state index contributed by atoms with van der Waals surface area (Å²) < 4.78 is 5.02. The molecule has 0 fully saturated rings. The highest BCUT2D eigenvalue weighted by molar-refractivity contribution is 7.80. The summed E-state index contributed by atoms with van der Waals surface area (Å²) in [5, 5.41) is 0. The molecule has 0 spiro atoms. The van der Waals surface area contributed by atoms with Crippen LogP contribution in [0.4, 0.5) is 0 Å². The topological polar surface area (TPSA) is 51.2 Å². The molecule has 10 heavy (non-hydrogen) atoms. The third-order valence-electron chi connectivity index (χ3n) is 1.08. The number of rotatable bonds is 2. The molecular formula is C6H8N2OS. The van der Waals surface area contributed by atoms with Crippen molar-refractivity contribution in [3.63, 3.8) is 0 Å². The SMILES string of the molecule is NNC(=S)Cc1ccco1. The molecule has 3 nitrogen and oxygen atoms in total. The zero-order chi connectivity index (χ0) is 7.40. The van der Waals surface area contributed by atoms with Crippen LogP contribution >= 0.6 is 12.2 Å². The van der Waals surface area contributed by atoms with Crippen LogP contribution in [0, 0.1) is 0 Å². The third kappa shape index (κ3) is 1.82. The lowest BCUT2D eigenvalue weighted by atomic mass is 10.3. The average Bonchev–Trinajstić information content (AvgIpc) is 2.40. The average molecular weight is 156 g/mol. The van der Waals surface area contributed by atoms with Crippen LogP contribution in [0.5, 0.6) is 0 Å². The Morgan fingerprint density at radius 1 is 1.80 bits per heavy atom. The van der Waals surface area contributed by atoms with Crippen molar-refractivity contribution < 1.29 is 4.42 Å². The van der Waals surface area contributed by atoms with Gasteiger partial charge in [0.05, 0.1) is 17.7 Å². The summed E-state index contributed by atoms with van der Waals surface area (Å²) in [7, 11) is 0. The molecule has 0 bridgehead atoms. The predicted molar refractivity (Wildman–Crippen MR) is 42.3 cm³/mol. The zero-order valence-electron chi connectivity index (χ0n) is 5.33. The molecule has 0 amide bonds. The first-order valence-corrected chi connectivity index (χ1v) is 3.25. The summed E-state index contributed by atoms with van der Waals surface area (Å²) in [4.78, 5) is 0.579. The van der Waals surface area contributed by atoms with E-state index in [0.717, 1.165) is 5.76 Å². The number of thiocarbonyl (C=S) groups is 1. The van der Waals surface area contributed by atoms with Gasteiger partial charge in [0.1, 0.15) is 5.76 Å². The van der Waals surface area contributed by atoms with E-state index in [-0.39, 0.29) is 0 Å². The summed E-state index contributed by atoms with van der Waals surface area (Å²) in [6, 6.07) is 3.66. The first-order valence-electron chi connectivity index (χ1n) is 2.85. The number of furan rings is 1. The largest absolute Gasteiger partial charge is 0.469 e. The van der Waals surface area contributed by atoms with Gasteiger partial charge in [0.25, 0.3) is 0 Å². The normalized spacial score (nSPS) is 9.30. The van der Waals surface area contributed by atoms with E-state index in [1.165, 1.54) is 0 Å². The van der Waals surface area contributed by atoms with E-state index in [1.807, 2.05) is 12.1 Å². The lowest BCUT2D eigenvalue weighted by Crippen LogP contribution is -2.29. The Hall–Kier alpha value is -0.870. The molecule has 0 atom stereocenters. The van der Waals surface area contributed by atoms with Crippen LogP contribution in [0.1, 0.15) is 5.76 Å². The van der Waals surface area contributed by atoms with Gasteiger partial charge in [-0.15, -0.1) is 0 Å². The van der Waals surface area contributed by atoms with Gasteiger partial charge in [0.15, 0.2) is 0 Å². The summed E-state index contributed by atoms with van der Waals surface area (Å²) >= 11 is 4.81. The van der Waals surface area contributed by atoms with Crippen LogP contribution in [0.3, 0.4) is 0 Å². The molecule has 1 aromatic heterocycles. The molecule has 0 saturated carbocycles. The fraction of sp³-hybridized carbons (Fsp3) is 0.167. The molecule has 0 aromatic carbocycles. The van der Waals surface area contributed by atoms with E-state index < -0.39 is 0 Å². The van der Waals surface area contributed by atoms with Crippen molar-refractivity contribution in [3.8, 4) is 0 Å². The summed E-state index contributed by atoms with van der Waals surface area (Å²) in [6.07, 6.45) is 2.17. The monoisotopic (exact) mass is 156 g/mol. The summed E-state index contributed by atoms with van der Waals surface area (Å²) in [5.74, 6) is 5.88. The Morgan fingerprint density at radius 3 is 3.10 bits per heavy atom. The van der Waals surface area contributed by atoms with Crippen LogP contribution in [0.15, 0.2) is 22.8 Å². The van der Waals surface area contributed by atoms with Gasteiger partial charge < -0.3 is 9.84 Å². The molecule has 0 aliphatic heterocycles. The van der Waals surface area contributed by atoms with Crippen LogP contribution < -0.4 is 11.3 Å². The Labute approximate surface area is 64.2 Å². The molecule has 0 saturated heterocycles. The second-order valence-electron chi connectivity index (χ2n) is 1.82. The molecular weight excluding hydrogens is 148 g/mol. The minimum atomic E-state index is 0.568. The van der Waals surface area contributed by atoms with E-state index >= 15 is 0 Å². The van der Waals surface area contributed by atoms with Gasteiger partial charge in [0.2, 0.25) is 0 Å². The maximum Gasteiger partial charge on any atom is 0.110 e. The molecule has 3 N–H and O–H groups in total. The zero-order valence-corrected chi connectivity index (χ0v) is 6.15. The molecule has 1 rings (SSSR count). The molecule has 0 unspecified atom stereocenters.